The molecule has 0 radical (unpaired) electrons. The molecule has 1 aromatic carbocycles. The Morgan fingerprint density at radius 3 is 2.62 bits per heavy atom. The fraction of sp³-hybridized carbons (Fsp3) is 0.524. The van der Waals surface area contributed by atoms with Gasteiger partial charge in [-0.3, -0.25) is 0 Å². The lowest BCUT2D eigenvalue weighted by Crippen LogP contribution is -2.31. The van der Waals surface area contributed by atoms with Crippen LogP contribution in [0.4, 0.5) is 17.5 Å². The molecule has 2 aromatic rings. The van der Waals surface area contributed by atoms with Gasteiger partial charge in [0.2, 0.25) is 5.95 Å². The van der Waals surface area contributed by atoms with Crippen LogP contribution in [-0.4, -0.2) is 35.8 Å². The van der Waals surface area contributed by atoms with Crippen LogP contribution in [0.1, 0.15) is 40.8 Å². The summed E-state index contributed by atoms with van der Waals surface area (Å²) in [4.78, 5) is 12.0. The largest absolute Gasteiger partial charge is 0.376 e. The minimum Gasteiger partial charge on any atom is -0.376 e. The van der Waals surface area contributed by atoms with Crippen LogP contribution in [0.25, 0.3) is 0 Å². The Morgan fingerprint density at radius 2 is 1.92 bits per heavy atom. The number of benzene rings is 1. The van der Waals surface area contributed by atoms with E-state index in [0.29, 0.717) is 12.1 Å². The normalized spacial score (nSPS) is 19.1. The lowest BCUT2D eigenvalue weighted by molar-refractivity contribution is 0.116. The number of nitrogens with zero attached hydrogens (tertiary/aromatic N) is 3. The van der Waals surface area contributed by atoms with Crippen molar-refractivity contribution >= 4 is 17.5 Å². The van der Waals surface area contributed by atoms with Gasteiger partial charge in [0.15, 0.2) is 0 Å². The van der Waals surface area contributed by atoms with Crippen LogP contribution in [0.3, 0.4) is 0 Å². The number of rotatable bonds is 4. The quantitative estimate of drug-likeness (QED) is 0.901. The van der Waals surface area contributed by atoms with Crippen LogP contribution < -0.4 is 10.2 Å². The highest BCUT2D eigenvalue weighted by atomic mass is 16.5. The van der Waals surface area contributed by atoms with E-state index in [1.165, 1.54) is 28.7 Å². The number of ether oxygens (including phenoxy) is 1. The Labute approximate surface area is 155 Å². The molecule has 1 aromatic heterocycles. The minimum absolute atomic E-state index is 0.342. The van der Waals surface area contributed by atoms with E-state index in [4.69, 9.17) is 14.7 Å². The smallest absolute Gasteiger partial charge is 0.229 e. The van der Waals surface area contributed by atoms with Gasteiger partial charge >= 0.3 is 0 Å². The standard InChI is InChI=1S/C21H28N4O/c1-13-10-14(2)19(15(3)11-13)23-21-22-16(4)18-7-8-25(20(18)24-21)12-17-6-5-9-26-17/h10-11,17H,5-9,12H2,1-4H3,(H,22,23,24). The summed E-state index contributed by atoms with van der Waals surface area (Å²) in [6, 6.07) is 4.39. The van der Waals surface area contributed by atoms with E-state index in [2.05, 4.69) is 50.0 Å². The van der Waals surface area contributed by atoms with Gasteiger partial charge in [0.1, 0.15) is 5.82 Å². The number of nitrogens with one attached hydrogen (secondary N) is 1. The van der Waals surface area contributed by atoms with Gasteiger partial charge in [-0.2, -0.15) is 4.98 Å². The van der Waals surface area contributed by atoms with Crippen molar-refractivity contribution in [1.82, 2.24) is 9.97 Å². The molecule has 26 heavy (non-hydrogen) atoms. The summed E-state index contributed by atoms with van der Waals surface area (Å²) in [6.07, 6.45) is 3.70. The summed E-state index contributed by atoms with van der Waals surface area (Å²) < 4.78 is 5.83. The van der Waals surface area contributed by atoms with Gasteiger partial charge in [0, 0.05) is 36.6 Å². The Kier molecular flexibility index (Phi) is 4.57. The van der Waals surface area contributed by atoms with E-state index in [0.717, 1.165) is 49.7 Å². The number of fused-ring (bicyclic) bond motifs is 1. The number of hydrogen-bond donors (Lipinski definition) is 1. The van der Waals surface area contributed by atoms with Gasteiger partial charge in [-0.15, -0.1) is 0 Å². The molecule has 0 saturated carbocycles. The van der Waals surface area contributed by atoms with Crippen molar-refractivity contribution in [3.63, 3.8) is 0 Å². The Hall–Kier alpha value is -2.14. The van der Waals surface area contributed by atoms with Crippen LogP contribution in [0.2, 0.25) is 0 Å². The van der Waals surface area contributed by atoms with Crippen molar-refractivity contribution in [2.75, 3.05) is 29.9 Å². The van der Waals surface area contributed by atoms with Gasteiger partial charge in [-0.05, 0) is 58.1 Å². The highest BCUT2D eigenvalue weighted by Gasteiger charge is 2.28. The molecule has 1 N–H and O–H groups in total. The van der Waals surface area contributed by atoms with Crippen molar-refractivity contribution in [3.05, 3.63) is 40.1 Å². The molecule has 138 valence electrons. The SMILES string of the molecule is Cc1cc(C)c(Nc2nc(C)c3c(n2)N(CC2CCCO2)CC3)c(C)c1. The molecule has 0 spiro atoms. The second-order valence-electron chi connectivity index (χ2n) is 7.66. The summed E-state index contributed by atoms with van der Waals surface area (Å²) in [5.74, 6) is 1.77. The maximum absolute atomic E-state index is 5.83. The maximum atomic E-state index is 5.83. The highest BCUT2D eigenvalue weighted by Crippen LogP contribution is 2.32. The molecule has 2 aliphatic heterocycles. The molecule has 0 amide bonds. The molecule has 1 unspecified atom stereocenters. The Morgan fingerprint density at radius 1 is 1.15 bits per heavy atom. The fourth-order valence-corrected chi connectivity index (χ4v) is 4.24. The molecule has 3 heterocycles. The molecule has 2 aliphatic rings. The third-order valence-electron chi connectivity index (χ3n) is 5.49. The molecule has 1 saturated heterocycles. The first kappa shape index (κ1) is 17.3. The molecule has 5 nitrogen and oxygen atoms in total. The molecule has 0 bridgehead atoms. The first-order valence-electron chi connectivity index (χ1n) is 9.60. The van der Waals surface area contributed by atoms with Crippen LogP contribution in [0, 0.1) is 27.7 Å². The van der Waals surface area contributed by atoms with Crippen molar-refractivity contribution in [2.45, 2.75) is 53.1 Å². The summed E-state index contributed by atoms with van der Waals surface area (Å²) in [7, 11) is 0. The minimum atomic E-state index is 0.342. The predicted octanol–water partition coefficient (Wildman–Crippen LogP) is 4.00. The van der Waals surface area contributed by atoms with Crippen molar-refractivity contribution < 1.29 is 4.74 Å². The van der Waals surface area contributed by atoms with Gasteiger partial charge < -0.3 is 15.0 Å². The maximum Gasteiger partial charge on any atom is 0.229 e. The molecule has 5 heteroatoms. The number of aryl methyl sites for hydroxylation is 4. The summed E-state index contributed by atoms with van der Waals surface area (Å²) in [5.41, 5.74) is 7.19. The van der Waals surface area contributed by atoms with E-state index in [1.807, 2.05) is 0 Å². The third-order valence-corrected chi connectivity index (χ3v) is 5.49. The molecular formula is C21H28N4O. The lowest BCUT2D eigenvalue weighted by atomic mass is 10.1. The lowest BCUT2D eigenvalue weighted by Gasteiger charge is -2.22. The van der Waals surface area contributed by atoms with Crippen molar-refractivity contribution in [3.8, 4) is 0 Å². The van der Waals surface area contributed by atoms with Crippen LogP contribution >= 0.6 is 0 Å². The number of anilines is 3. The number of hydrogen-bond acceptors (Lipinski definition) is 5. The van der Waals surface area contributed by atoms with E-state index in [-0.39, 0.29) is 0 Å². The first-order chi connectivity index (χ1) is 12.5. The fourth-order valence-electron chi connectivity index (χ4n) is 4.24. The monoisotopic (exact) mass is 352 g/mol. The average Bonchev–Trinajstić information content (AvgIpc) is 3.22. The van der Waals surface area contributed by atoms with Gasteiger partial charge in [0.25, 0.3) is 0 Å². The third kappa shape index (κ3) is 3.28. The van der Waals surface area contributed by atoms with Crippen LogP contribution in [0.15, 0.2) is 12.1 Å². The van der Waals surface area contributed by atoms with E-state index in [9.17, 15) is 0 Å². The summed E-state index contributed by atoms with van der Waals surface area (Å²) >= 11 is 0. The zero-order valence-corrected chi connectivity index (χ0v) is 16.2. The first-order valence-corrected chi connectivity index (χ1v) is 9.60. The summed E-state index contributed by atoms with van der Waals surface area (Å²) in [6.45, 7) is 11.3. The van der Waals surface area contributed by atoms with E-state index >= 15 is 0 Å². The second kappa shape index (κ2) is 6.88. The molecule has 4 rings (SSSR count). The van der Waals surface area contributed by atoms with Crippen molar-refractivity contribution in [2.24, 2.45) is 0 Å². The zero-order chi connectivity index (χ0) is 18.3. The van der Waals surface area contributed by atoms with E-state index < -0.39 is 0 Å². The molecule has 0 aliphatic carbocycles. The summed E-state index contributed by atoms with van der Waals surface area (Å²) in [5, 5.41) is 3.47. The highest BCUT2D eigenvalue weighted by molar-refractivity contribution is 5.66. The molecule has 1 atom stereocenters. The zero-order valence-electron chi connectivity index (χ0n) is 16.2. The topological polar surface area (TPSA) is 50.3 Å². The van der Waals surface area contributed by atoms with Crippen molar-refractivity contribution in [1.29, 1.82) is 0 Å². The number of aromatic nitrogens is 2. The molecular weight excluding hydrogens is 324 g/mol. The average molecular weight is 352 g/mol. The van der Waals surface area contributed by atoms with E-state index in [1.54, 1.807) is 0 Å². The molecule has 1 fully saturated rings. The Balaban J connectivity index is 1.62. The van der Waals surface area contributed by atoms with Gasteiger partial charge in [-0.25, -0.2) is 4.98 Å². The van der Waals surface area contributed by atoms with Gasteiger partial charge in [0.05, 0.1) is 6.10 Å². The van der Waals surface area contributed by atoms with Crippen LogP contribution in [0.5, 0.6) is 0 Å². The second-order valence-corrected chi connectivity index (χ2v) is 7.66. The van der Waals surface area contributed by atoms with Crippen LogP contribution in [-0.2, 0) is 11.2 Å². The Bertz CT molecular complexity index is 804. The predicted molar refractivity (Wildman–Crippen MR) is 106 cm³/mol. The van der Waals surface area contributed by atoms with Gasteiger partial charge in [-0.1, -0.05) is 17.7 Å².